The predicted octanol–water partition coefficient (Wildman–Crippen LogP) is 6.23. The summed E-state index contributed by atoms with van der Waals surface area (Å²) < 4.78 is 0. The molecule has 0 fully saturated rings. The third kappa shape index (κ3) is 9.31. The van der Waals surface area contributed by atoms with E-state index >= 15 is 0 Å². The molecule has 0 unspecified atom stereocenters. The molecule has 1 nitrogen and oxygen atoms in total. The van der Waals surface area contributed by atoms with E-state index in [1.54, 1.807) is 0 Å². The molecule has 0 aromatic heterocycles. The van der Waals surface area contributed by atoms with Gasteiger partial charge in [-0.2, -0.15) is 0 Å². The average molecular weight is 356 g/mol. The summed E-state index contributed by atoms with van der Waals surface area (Å²) in [5.74, 6) is 0. The molecule has 0 bridgehead atoms. The van der Waals surface area contributed by atoms with Crippen LogP contribution in [0.1, 0.15) is 77.7 Å². The van der Waals surface area contributed by atoms with Crippen LogP contribution in [0.3, 0.4) is 0 Å². The third-order valence-corrected chi connectivity index (χ3v) is 4.09. The fourth-order valence-corrected chi connectivity index (χ4v) is 2.62. The molecule has 0 spiro atoms. The van der Waals surface area contributed by atoms with Crippen molar-refractivity contribution in [2.75, 3.05) is 6.54 Å². The zero-order valence-electron chi connectivity index (χ0n) is 14.2. The first-order valence-electron chi connectivity index (χ1n) is 8.47. The van der Waals surface area contributed by atoms with E-state index in [2.05, 4.69) is 56.4 Å². The second-order valence-corrected chi connectivity index (χ2v) is 6.39. The summed E-state index contributed by atoms with van der Waals surface area (Å²) in [5.41, 5.74) is 1.46. The van der Waals surface area contributed by atoms with E-state index < -0.39 is 0 Å². The van der Waals surface area contributed by atoms with Crippen LogP contribution in [0.2, 0.25) is 0 Å². The van der Waals surface area contributed by atoms with Crippen LogP contribution in [-0.4, -0.2) is 6.54 Å². The van der Waals surface area contributed by atoms with Gasteiger partial charge in [-0.3, -0.25) is 0 Å². The van der Waals surface area contributed by atoms with Gasteiger partial charge in [-0.05, 0) is 32.4 Å². The first-order valence-corrected chi connectivity index (χ1v) is 8.47. The van der Waals surface area contributed by atoms with Crippen LogP contribution in [0, 0.1) is 0 Å². The Morgan fingerprint density at radius 3 is 1.90 bits per heavy atom. The maximum absolute atomic E-state index is 3.69. The number of halogens is 1. The minimum Gasteiger partial charge on any atom is -0.308 e. The van der Waals surface area contributed by atoms with Gasteiger partial charge in [0.25, 0.3) is 0 Å². The molecule has 2 heteroatoms. The Hall–Kier alpha value is -0.340. The van der Waals surface area contributed by atoms with Crippen molar-refractivity contribution in [1.82, 2.24) is 5.32 Å². The highest BCUT2D eigenvalue weighted by molar-refractivity contribution is 8.93. The van der Waals surface area contributed by atoms with Crippen molar-refractivity contribution in [2.24, 2.45) is 0 Å². The van der Waals surface area contributed by atoms with E-state index in [1.807, 2.05) is 0 Å². The van der Waals surface area contributed by atoms with Gasteiger partial charge in [-0.1, -0.05) is 82.2 Å². The van der Waals surface area contributed by atoms with E-state index in [1.165, 1.54) is 56.9 Å². The molecule has 0 aliphatic rings. The Balaban J connectivity index is 0.00000400. The summed E-state index contributed by atoms with van der Waals surface area (Å²) in [4.78, 5) is 0. The highest BCUT2D eigenvalue weighted by Gasteiger charge is 2.18. The SMILES string of the molecule is Br.CCCCCCCCCCNC(C)(C)c1ccccc1. The molecule has 0 aliphatic heterocycles. The van der Waals surface area contributed by atoms with Gasteiger partial charge >= 0.3 is 0 Å². The van der Waals surface area contributed by atoms with Crippen molar-refractivity contribution in [3.05, 3.63) is 35.9 Å². The molecule has 1 rings (SSSR count). The van der Waals surface area contributed by atoms with Gasteiger partial charge in [0.1, 0.15) is 0 Å². The second-order valence-electron chi connectivity index (χ2n) is 6.39. The van der Waals surface area contributed by atoms with E-state index in [0.717, 1.165) is 6.54 Å². The summed E-state index contributed by atoms with van der Waals surface area (Å²) in [5, 5.41) is 3.69. The van der Waals surface area contributed by atoms with Gasteiger partial charge in [0.15, 0.2) is 0 Å². The molecule has 0 radical (unpaired) electrons. The molecule has 0 heterocycles. The lowest BCUT2D eigenvalue weighted by Crippen LogP contribution is -2.37. The maximum atomic E-state index is 3.69. The van der Waals surface area contributed by atoms with Crippen molar-refractivity contribution < 1.29 is 0 Å². The van der Waals surface area contributed by atoms with Crippen molar-refractivity contribution in [3.63, 3.8) is 0 Å². The van der Waals surface area contributed by atoms with Crippen LogP contribution in [-0.2, 0) is 5.54 Å². The molecule has 1 N–H and O–H groups in total. The summed E-state index contributed by atoms with van der Waals surface area (Å²) >= 11 is 0. The van der Waals surface area contributed by atoms with Gasteiger partial charge in [-0.15, -0.1) is 17.0 Å². The lowest BCUT2D eigenvalue weighted by molar-refractivity contribution is 0.394. The second kappa shape index (κ2) is 12.2. The summed E-state index contributed by atoms with van der Waals surface area (Å²) in [7, 11) is 0. The van der Waals surface area contributed by atoms with Crippen molar-refractivity contribution in [1.29, 1.82) is 0 Å². The smallest absolute Gasteiger partial charge is 0.0377 e. The Labute approximate surface area is 142 Å². The zero-order chi connectivity index (χ0) is 14.7. The number of hydrogen-bond acceptors (Lipinski definition) is 1. The molecule has 1 aromatic carbocycles. The highest BCUT2D eigenvalue weighted by atomic mass is 79.9. The number of hydrogen-bond donors (Lipinski definition) is 1. The van der Waals surface area contributed by atoms with Crippen LogP contribution in [0.15, 0.2) is 30.3 Å². The summed E-state index contributed by atoms with van der Waals surface area (Å²) in [6, 6.07) is 10.7. The van der Waals surface area contributed by atoms with Crippen molar-refractivity contribution in [2.45, 2.75) is 77.7 Å². The Kier molecular flexibility index (Phi) is 12.0. The van der Waals surface area contributed by atoms with Crippen molar-refractivity contribution in [3.8, 4) is 0 Å². The normalized spacial score (nSPS) is 11.2. The Morgan fingerprint density at radius 1 is 0.810 bits per heavy atom. The number of nitrogens with one attached hydrogen (secondary N) is 1. The number of benzene rings is 1. The largest absolute Gasteiger partial charge is 0.308 e. The van der Waals surface area contributed by atoms with Gasteiger partial charge < -0.3 is 5.32 Å². The van der Waals surface area contributed by atoms with Crippen molar-refractivity contribution >= 4 is 17.0 Å². The fraction of sp³-hybridized carbons (Fsp3) is 0.684. The molecule has 0 saturated heterocycles. The molecular formula is C19H34BrN. The number of unbranched alkanes of at least 4 members (excludes halogenated alkanes) is 7. The van der Waals surface area contributed by atoms with Gasteiger partial charge in [0.05, 0.1) is 0 Å². The monoisotopic (exact) mass is 355 g/mol. The maximum Gasteiger partial charge on any atom is 0.0377 e. The summed E-state index contributed by atoms with van der Waals surface area (Å²) in [6.07, 6.45) is 11.1. The van der Waals surface area contributed by atoms with Crippen LogP contribution in [0.4, 0.5) is 0 Å². The minimum absolute atomic E-state index is 0. The average Bonchev–Trinajstić information content (AvgIpc) is 2.46. The van der Waals surface area contributed by atoms with E-state index in [4.69, 9.17) is 0 Å². The highest BCUT2D eigenvalue weighted by Crippen LogP contribution is 2.19. The predicted molar refractivity (Wildman–Crippen MR) is 100 cm³/mol. The molecule has 1 aromatic rings. The van der Waals surface area contributed by atoms with Crippen LogP contribution >= 0.6 is 17.0 Å². The van der Waals surface area contributed by atoms with Gasteiger partial charge in [-0.25, -0.2) is 0 Å². The van der Waals surface area contributed by atoms with Gasteiger partial charge in [0, 0.05) is 5.54 Å². The third-order valence-electron chi connectivity index (χ3n) is 4.09. The summed E-state index contributed by atoms with van der Waals surface area (Å²) in [6.45, 7) is 7.94. The Bertz CT molecular complexity index is 335. The quantitative estimate of drug-likeness (QED) is 0.464. The van der Waals surface area contributed by atoms with Gasteiger partial charge in [0.2, 0.25) is 0 Å². The van der Waals surface area contributed by atoms with E-state index in [9.17, 15) is 0 Å². The number of rotatable bonds is 11. The molecule has 0 aliphatic carbocycles. The van der Waals surface area contributed by atoms with Crippen LogP contribution < -0.4 is 5.32 Å². The standard InChI is InChI=1S/C19H33N.BrH/c1-4-5-6-7-8-9-10-14-17-20-19(2,3)18-15-12-11-13-16-18;/h11-13,15-16,20H,4-10,14,17H2,1-3H3;1H. The molecule has 21 heavy (non-hydrogen) atoms. The molecule has 0 atom stereocenters. The topological polar surface area (TPSA) is 12.0 Å². The fourth-order valence-electron chi connectivity index (χ4n) is 2.62. The van der Waals surface area contributed by atoms with E-state index in [-0.39, 0.29) is 22.5 Å². The zero-order valence-corrected chi connectivity index (χ0v) is 15.9. The first kappa shape index (κ1) is 20.7. The molecular weight excluding hydrogens is 322 g/mol. The molecule has 122 valence electrons. The molecule has 0 saturated carbocycles. The lowest BCUT2D eigenvalue weighted by atomic mass is 9.94. The van der Waals surface area contributed by atoms with E-state index in [0.29, 0.717) is 0 Å². The van der Waals surface area contributed by atoms with Crippen LogP contribution in [0.5, 0.6) is 0 Å². The molecule has 0 amide bonds. The van der Waals surface area contributed by atoms with Crippen LogP contribution in [0.25, 0.3) is 0 Å². The first-order chi connectivity index (χ1) is 9.67. The minimum atomic E-state index is 0. The Morgan fingerprint density at radius 2 is 1.33 bits per heavy atom. The lowest BCUT2D eigenvalue weighted by Gasteiger charge is -2.27.